The van der Waals surface area contributed by atoms with Gasteiger partial charge in [-0.1, -0.05) is 12.8 Å². The molecule has 3 heterocycles. The van der Waals surface area contributed by atoms with Gasteiger partial charge in [0.15, 0.2) is 0 Å². The van der Waals surface area contributed by atoms with Gasteiger partial charge in [0, 0.05) is 45.0 Å². The van der Waals surface area contributed by atoms with Gasteiger partial charge in [-0.25, -0.2) is 4.98 Å². The van der Waals surface area contributed by atoms with Gasteiger partial charge in [-0.15, -0.1) is 0 Å². The van der Waals surface area contributed by atoms with Crippen LogP contribution in [-0.2, 0) is 31.5 Å². The Labute approximate surface area is 149 Å². The topological polar surface area (TPSA) is 48.1 Å². The van der Waals surface area contributed by atoms with Crippen LogP contribution in [0.3, 0.4) is 0 Å². The van der Waals surface area contributed by atoms with E-state index in [-0.39, 0.29) is 0 Å². The number of imidazole rings is 1. The van der Waals surface area contributed by atoms with Crippen molar-refractivity contribution in [1.29, 1.82) is 0 Å². The molecule has 6 nitrogen and oxygen atoms in total. The summed E-state index contributed by atoms with van der Waals surface area (Å²) in [5, 5.41) is 4.27. The van der Waals surface area contributed by atoms with Gasteiger partial charge in [-0.2, -0.15) is 5.10 Å². The van der Waals surface area contributed by atoms with Crippen molar-refractivity contribution in [2.75, 3.05) is 13.2 Å². The molecule has 1 atom stereocenters. The summed E-state index contributed by atoms with van der Waals surface area (Å²) >= 11 is 0. The largest absolute Gasteiger partial charge is 0.375 e. The molecule has 0 aromatic carbocycles. The first-order chi connectivity index (χ1) is 12.2. The first-order valence-corrected chi connectivity index (χ1v) is 9.54. The van der Waals surface area contributed by atoms with Crippen molar-refractivity contribution in [1.82, 2.24) is 24.2 Å². The van der Waals surface area contributed by atoms with Crippen LogP contribution in [0, 0.1) is 5.92 Å². The minimum atomic E-state index is 0.317. The maximum atomic E-state index is 6.00. The molecule has 0 N–H and O–H groups in total. The first-order valence-electron chi connectivity index (χ1n) is 9.54. The number of ether oxygens (including phenoxy) is 1. The molecule has 2 aromatic rings. The Hall–Kier alpha value is -1.66. The molecule has 0 saturated heterocycles. The Morgan fingerprint density at radius 2 is 2.04 bits per heavy atom. The summed E-state index contributed by atoms with van der Waals surface area (Å²) in [6.07, 6.45) is 11.5. The highest BCUT2D eigenvalue weighted by molar-refractivity contribution is 5.12. The predicted octanol–water partition coefficient (Wildman–Crippen LogP) is 2.90. The number of aryl methyl sites for hydroxylation is 1. The van der Waals surface area contributed by atoms with E-state index >= 15 is 0 Å². The van der Waals surface area contributed by atoms with E-state index in [1.807, 2.05) is 24.1 Å². The summed E-state index contributed by atoms with van der Waals surface area (Å²) in [4.78, 5) is 7.18. The Balaban J connectivity index is 1.36. The maximum Gasteiger partial charge on any atom is 0.126 e. The van der Waals surface area contributed by atoms with Crippen LogP contribution in [0.4, 0.5) is 0 Å². The fourth-order valence-electron chi connectivity index (χ4n) is 4.23. The number of rotatable bonds is 6. The van der Waals surface area contributed by atoms with E-state index in [0.717, 1.165) is 38.0 Å². The Bertz CT molecular complexity index is 700. The lowest BCUT2D eigenvalue weighted by Crippen LogP contribution is -2.37. The molecule has 25 heavy (non-hydrogen) atoms. The average molecular weight is 343 g/mol. The summed E-state index contributed by atoms with van der Waals surface area (Å²) in [7, 11) is 1.97. The van der Waals surface area contributed by atoms with Crippen molar-refractivity contribution < 1.29 is 4.74 Å². The van der Waals surface area contributed by atoms with Crippen LogP contribution in [0.1, 0.15) is 55.7 Å². The highest BCUT2D eigenvalue weighted by Crippen LogP contribution is 2.28. The monoisotopic (exact) mass is 343 g/mol. The zero-order valence-corrected chi connectivity index (χ0v) is 15.4. The van der Waals surface area contributed by atoms with Gasteiger partial charge in [0.2, 0.25) is 0 Å². The molecule has 136 valence electrons. The first kappa shape index (κ1) is 16.8. The molecular formula is C19H29N5O. The molecule has 1 aliphatic carbocycles. The summed E-state index contributed by atoms with van der Waals surface area (Å²) in [5.74, 6) is 1.94. The second-order valence-corrected chi connectivity index (χ2v) is 7.59. The lowest BCUT2D eigenvalue weighted by Gasteiger charge is -2.34. The fraction of sp³-hybridized carbons (Fsp3) is 0.684. The number of hydrogen-bond acceptors (Lipinski definition) is 4. The molecule has 0 bridgehead atoms. The third-order valence-electron chi connectivity index (χ3n) is 5.72. The Morgan fingerprint density at radius 3 is 2.80 bits per heavy atom. The third-order valence-corrected chi connectivity index (χ3v) is 5.72. The summed E-state index contributed by atoms with van der Waals surface area (Å²) in [5.41, 5.74) is 2.48. The standard InChI is InChI=1S/C19H29N5O/c1-15-19-20-10-18(14-25-13-16-5-3-4-6-16)24(19)8-7-23(15)12-17-9-21-22(2)11-17/h9-11,15-16H,3-8,12-14H2,1-2H3. The van der Waals surface area contributed by atoms with E-state index in [4.69, 9.17) is 9.72 Å². The van der Waals surface area contributed by atoms with Gasteiger partial charge < -0.3 is 9.30 Å². The van der Waals surface area contributed by atoms with Gasteiger partial charge in [-0.05, 0) is 25.7 Å². The van der Waals surface area contributed by atoms with Crippen LogP contribution < -0.4 is 0 Å². The van der Waals surface area contributed by atoms with Gasteiger partial charge in [0.05, 0.1) is 30.7 Å². The molecule has 0 amide bonds. The van der Waals surface area contributed by atoms with Crippen LogP contribution in [-0.4, -0.2) is 37.4 Å². The van der Waals surface area contributed by atoms with E-state index in [1.165, 1.54) is 36.9 Å². The predicted molar refractivity (Wildman–Crippen MR) is 95.9 cm³/mol. The minimum Gasteiger partial charge on any atom is -0.375 e. The van der Waals surface area contributed by atoms with Crippen molar-refractivity contribution in [3.63, 3.8) is 0 Å². The minimum absolute atomic E-state index is 0.317. The number of fused-ring (bicyclic) bond motifs is 1. The lowest BCUT2D eigenvalue weighted by molar-refractivity contribution is 0.0815. The molecule has 6 heteroatoms. The molecule has 1 aliphatic heterocycles. The second-order valence-electron chi connectivity index (χ2n) is 7.59. The van der Waals surface area contributed by atoms with Crippen molar-refractivity contribution in [2.24, 2.45) is 13.0 Å². The quantitative estimate of drug-likeness (QED) is 0.809. The van der Waals surface area contributed by atoms with Crippen molar-refractivity contribution in [3.8, 4) is 0 Å². The molecule has 2 aromatic heterocycles. The normalized spacial score (nSPS) is 21.8. The van der Waals surface area contributed by atoms with Crippen LogP contribution in [0.15, 0.2) is 18.6 Å². The van der Waals surface area contributed by atoms with Crippen LogP contribution in [0.25, 0.3) is 0 Å². The summed E-state index contributed by atoms with van der Waals surface area (Å²) in [6, 6.07) is 0.317. The smallest absolute Gasteiger partial charge is 0.126 e. The lowest BCUT2D eigenvalue weighted by atomic mass is 10.1. The van der Waals surface area contributed by atoms with E-state index in [9.17, 15) is 0 Å². The molecule has 1 fully saturated rings. The molecule has 0 spiro atoms. The van der Waals surface area contributed by atoms with Crippen molar-refractivity contribution in [2.45, 2.75) is 58.3 Å². The van der Waals surface area contributed by atoms with E-state index in [2.05, 4.69) is 27.7 Å². The molecule has 4 rings (SSSR count). The second kappa shape index (κ2) is 7.30. The molecule has 2 aliphatic rings. The van der Waals surface area contributed by atoms with Crippen molar-refractivity contribution >= 4 is 0 Å². The van der Waals surface area contributed by atoms with Gasteiger partial charge in [-0.3, -0.25) is 9.58 Å². The molecule has 1 unspecified atom stereocenters. The van der Waals surface area contributed by atoms with Gasteiger partial charge in [0.25, 0.3) is 0 Å². The zero-order chi connectivity index (χ0) is 17.2. The zero-order valence-electron chi connectivity index (χ0n) is 15.4. The third kappa shape index (κ3) is 3.65. The maximum absolute atomic E-state index is 6.00. The SMILES string of the molecule is CC1c2ncc(COCC3CCCC3)n2CCN1Cc1cnn(C)c1. The summed E-state index contributed by atoms with van der Waals surface area (Å²) in [6.45, 7) is 6.80. The van der Waals surface area contributed by atoms with E-state index in [1.54, 1.807) is 0 Å². The molecule has 1 saturated carbocycles. The van der Waals surface area contributed by atoms with Gasteiger partial charge >= 0.3 is 0 Å². The number of aromatic nitrogens is 4. The van der Waals surface area contributed by atoms with Crippen molar-refractivity contribution in [3.05, 3.63) is 35.7 Å². The van der Waals surface area contributed by atoms with Crippen LogP contribution >= 0.6 is 0 Å². The van der Waals surface area contributed by atoms with Crippen LogP contribution in [0.5, 0.6) is 0 Å². The Kier molecular flexibility index (Phi) is 4.90. The fourth-order valence-corrected chi connectivity index (χ4v) is 4.23. The highest BCUT2D eigenvalue weighted by Gasteiger charge is 2.27. The molecular weight excluding hydrogens is 314 g/mol. The van der Waals surface area contributed by atoms with Gasteiger partial charge in [0.1, 0.15) is 5.82 Å². The Morgan fingerprint density at radius 1 is 1.20 bits per heavy atom. The molecule has 0 radical (unpaired) electrons. The number of hydrogen-bond donors (Lipinski definition) is 0. The van der Waals surface area contributed by atoms with E-state index in [0.29, 0.717) is 12.6 Å². The summed E-state index contributed by atoms with van der Waals surface area (Å²) < 4.78 is 10.2. The number of nitrogens with zero attached hydrogens (tertiary/aromatic N) is 5. The van der Waals surface area contributed by atoms with E-state index < -0.39 is 0 Å². The highest BCUT2D eigenvalue weighted by atomic mass is 16.5. The average Bonchev–Trinajstić information content (AvgIpc) is 3.33. The van der Waals surface area contributed by atoms with Crippen LogP contribution in [0.2, 0.25) is 0 Å².